The van der Waals surface area contributed by atoms with Gasteiger partial charge in [0.25, 0.3) is 5.91 Å². The van der Waals surface area contributed by atoms with Gasteiger partial charge in [0.05, 0.1) is 9.98 Å². The number of carboxylic acid groups (broad SMARTS) is 1. The second-order valence-corrected chi connectivity index (χ2v) is 5.30. The van der Waals surface area contributed by atoms with Crippen molar-refractivity contribution < 1.29 is 19.1 Å². The Hall–Kier alpha value is -1.67. The van der Waals surface area contributed by atoms with E-state index in [1.807, 2.05) is 0 Å². The fourth-order valence-electron chi connectivity index (χ4n) is 1.05. The van der Waals surface area contributed by atoms with Crippen molar-refractivity contribution in [1.29, 1.82) is 0 Å². The van der Waals surface area contributed by atoms with E-state index >= 15 is 0 Å². The molecule has 88 valence electrons. The van der Waals surface area contributed by atoms with Gasteiger partial charge in [0.15, 0.2) is 10.9 Å². The third-order valence-corrected chi connectivity index (χ3v) is 3.13. The number of carbonyl (C=O) groups excluding carboxylic acids is 1. The smallest absolute Gasteiger partial charge is 0.371 e. The Labute approximate surface area is 107 Å². The number of nitrogens with zero attached hydrogens (tertiary/aromatic N) is 1. The lowest BCUT2D eigenvalue weighted by Gasteiger charge is -1.96. The van der Waals surface area contributed by atoms with E-state index in [1.165, 1.54) is 23.5 Å². The minimum Gasteiger partial charge on any atom is -0.475 e. The fourth-order valence-corrected chi connectivity index (χ4v) is 2.15. The number of hydrogen-bond acceptors (Lipinski definition) is 5. The van der Waals surface area contributed by atoms with Crippen molar-refractivity contribution in [2.45, 2.75) is 0 Å². The van der Waals surface area contributed by atoms with Crippen LogP contribution in [0.5, 0.6) is 0 Å². The van der Waals surface area contributed by atoms with E-state index < -0.39 is 11.9 Å². The largest absolute Gasteiger partial charge is 0.475 e. The molecule has 0 bridgehead atoms. The van der Waals surface area contributed by atoms with Gasteiger partial charge in [-0.15, -0.1) is 0 Å². The number of amides is 1. The Morgan fingerprint density at radius 2 is 2.12 bits per heavy atom. The average molecular weight is 317 g/mol. The van der Waals surface area contributed by atoms with Gasteiger partial charge in [-0.3, -0.25) is 10.1 Å². The maximum atomic E-state index is 11.6. The normalized spacial score (nSPS) is 10.2. The van der Waals surface area contributed by atoms with Crippen LogP contribution in [0.3, 0.4) is 0 Å². The zero-order valence-corrected chi connectivity index (χ0v) is 10.5. The molecule has 2 rings (SSSR count). The summed E-state index contributed by atoms with van der Waals surface area (Å²) in [7, 11) is 0. The quantitative estimate of drug-likeness (QED) is 0.907. The Morgan fingerprint density at radius 3 is 2.65 bits per heavy atom. The van der Waals surface area contributed by atoms with Crippen molar-refractivity contribution in [3.63, 3.8) is 0 Å². The molecule has 2 aromatic rings. The molecule has 2 heterocycles. The highest BCUT2D eigenvalue weighted by atomic mass is 79.9. The summed E-state index contributed by atoms with van der Waals surface area (Å²) in [5.41, 5.74) is 0. The summed E-state index contributed by atoms with van der Waals surface area (Å²) in [6.07, 6.45) is 1.55. The highest BCUT2D eigenvalue weighted by Crippen LogP contribution is 2.23. The van der Waals surface area contributed by atoms with Gasteiger partial charge in [0.2, 0.25) is 5.76 Å². The molecule has 0 unspecified atom stereocenters. The van der Waals surface area contributed by atoms with Crippen LogP contribution < -0.4 is 5.32 Å². The van der Waals surface area contributed by atoms with Crippen LogP contribution in [0, 0.1) is 0 Å². The van der Waals surface area contributed by atoms with Crippen molar-refractivity contribution in [2.24, 2.45) is 0 Å². The highest BCUT2D eigenvalue weighted by Gasteiger charge is 2.15. The second kappa shape index (κ2) is 4.68. The number of carboxylic acids is 1. The lowest BCUT2D eigenvalue weighted by atomic mass is 10.4. The number of aromatic nitrogens is 1. The number of carbonyl (C=O) groups is 2. The van der Waals surface area contributed by atoms with Crippen molar-refractivity contribution in [2.75, 3.05) is 5.32 Å². The molecule has 0 aliphatic carbocycles. The number of aromatic carboxylic acids is 1. The van der Waals surface area contributed by atoms with Crippen molar-refractivity contribution in [3.8, 4) is 0 Å². The van der Waals surface area contributed by atoms with Gasteiger partial charge in [-0.1, -0.05) is 11.3 Å². The van der Waals surface area contributed by atoms with Gasteiger partial charge in [0.1, 0.15) is 0 Å². The van der Waals surface area contributed by atoms with Gasteiger partial charge in [-0.25, -0.2) is 9.78 Å². The molecule has 0 atom stereocenters. The first-order chi connectivity index (χ1) is 8.06. The van der Waals surface area contributed by atoms with E-state index in [0.29, 0.717) is 5.13 Å². The maximum Gasteiger partial charge on any atom is 0.371 e. The molecule has 1 amide bonds. The molecule has 0 fully saturated rings. The predicted molar refractivity (Wildman–Crippen MR) is 63.4 cm³/mol. The van der Waals surface area contributed by atoms with Gasteiger partial charge >= 0.3 is 5.97 Å². The Kier molecular flexibility index (Phi) is 3.25. The molecule has 17 heavy (non-hydrogen) atoms. The number of furan rings is 1. The van der Waals surface area contributed by atoms with Gasteiger partial charge in [0, 0.05) is 0 Å². The van der Waals surface area contributed by atoms with Gasteiger partial charge in [-0.05, 0) is 28.1 Å². The number of nitrogens with one attached hydrogen (secondary N) is 1. The molecule has 0 saturated carbocycles. The van der Waals surface area contributed by atoms with E-state index in [2.05, 4.69) is 26.2 Å². The summed E-state index contributed by atoms with van der Waals surface area (Å²) >= 11 is 4.44. The van der Waals surface area contributed by atoms with Gasteiger partial charge in [-0.2, -0.15) is 0 Å². The number of rotatable bonds is 3. The van der Waals surface area contributed by atoms with Crippen LogP contribution in [0.1, 0.15) is 21.1 Å². The van der Waals surface area contributed by atoms with Crippen molar-refractivity contribution in [3.05, 3.63) is 33.6 Å². The maximum absolute atomic E-state index is 11.6. The molecular weight excluding hydrogens is 312 g/mol. The molecule has 0 radical (unpaired) electrons. The topological polar surface area (TPSA) is 92.4 Å². The molecule has 0 aliphatic heterocycles. The van der Waals surface area contributed by atoms with Crippen LogP contribution in [0.4, 0.5) is 5.13 Å². The number of hydrogen-bond donors (Lipinski definition) is 2. The van der Waals surface area contributed by atoms with Crippen molar-refractivity contribution >= 4 is 44.3 Å². The standard InChI is InChI=1S/C9H5BrN2O4S/c10-6-3-11-9(17-6)12-7(13)4-1-2-5(16-4)8(14)15/h1-3H,(H,14,15)(H,11,12,13). The molecule has 8 heteroatoms. The van der Waals surface area contributed by atoms with Crippen molar-refractivity contribution in [1.82, 2.24) is 4.98 Å². The van der Waals surface area contributed by atoms with E-state index in [9.17, 15) is 9.59 Å². The highest BCUT2D eigenvalue weighted by molar-refractivity contribution is 9.11. The summed E-state index contributed by atoms with van der Waals surface area (Å²) in [6, 6.07) is 2.51. The van der Waals surface area contributed by atoms with Gasteiger partial charge < -0.3 is 9.52 Å². The lowest BCUT2D eigenvalue weighted by Crippen LogP contribution is -2.10. The first-order valence-electron chi connectivity index (χ1n) is 4.32. The van der Waals surface area contributed by atoms with E-state index in [4.69, 9.17) is 9.52 Å². The zero-order valence-electron chi connectivity index (χ0n) is 8.14. The lowest BCUT2D eigenvalue weighted by molar-refractivity contribution is 0.0660. The second-order valence-electron chi connectivity index (χ2n) is 2.89. The molecule has 2 aromatic heterocycles. The number of halogens is 1. The van der Waals surface area contributed by atoms with Crippen LogP contribution in [-0.2, 0) is 0 Å². The Bertz CT molecular complexity index is 577. The summed E-state index contributed by atoms with van der Waals surface area (Å²) in [5.74, 6) is -2.12. The third kappa shape index (κ3) is 2.71. The minimum atomic E-state index is -1.22. The summed E-state index contributed by atoms with van der Waals surface area (Å²) in [6.45, 7) is 0. The molecule has 2 N–H and O–H groups in total. The monoisotopic (exact) mass is 316 g/mol. The fraction of sp³-hybridized carbons (Fsp3) is 0. The van der Waals surface area contributed by atoms with Crippen LogP contribution in [-0.4, -0.2) is 22.0 Å². The van der Waals surface area contributed by atoms with Crippen LogP contribution in [0.15, 0.2) is 26.5 Å². The Balaban J connectivity index is 2.11. The molecule has 0 saturated heterocycles. The first kappa shape index (κ1) is 11.8. The average Bonchev–Trinajstić information content (AvgIpc) is 2.86. The zero-order chi connectivity index (χ0) is 12.4. The van der Waals surface area contributed by atoms with Crippen LogP contribution >= 0.6 is 27.3 Å². The summed E-state index contributed by atoms with van der Waals surface area (Å²) in [5, 5.41) is 11.5. The van der Waals surface area contributed by atoms with E-state index in [1.54, 1.807) is 6.20 Å². The SMILES string of the molecule is O=C(O)c1ccc(C(=O)Nc2ncc(Br)s2)o1. The molecule has 6 nitrogen and oxygen atoms in total. The number of anilines is 1. The third-order valence-electron chi connectivity index (χ3n) is 1.74. The van der Waals surface area contributed by atoms with Crippen LogP contribution in [0.25, 0.3) is 0 Å². The molecular formula is C9H5BrN2O4S. The molecule has 0 aromatic carbocycles. The number of thiazole rings is 1. The summed E-state index contributed by atoms with van der Waals surface area (Å²) < 4.78 is 5.62. The predicted octanol–water partition coefficient (Wildman–Crippen LogP) is 2.45. The van der Waals surface area contributed by atoms with E-state index in [0.717, 1.165) is 3.79 Å². The van der Waals surface area contributed by atoms with E-state index in [-0.39, 0.29) is 11.5 Å². The minimum absolute atomic E-state index is 0.0753. The molecule has 0 aliphatic rings. The Morgan fingerprint density at radius 1 is 1.41 bits per heavy atom. The first-order valence-corrected chi connectivity index (χ1v) is 5.93. The van der Waals surface area contributed by atoms with Crippen LogP contribution in [0.2, 0.25) is 0 Å². The summed E-state index contributed by atoms with van der Waals surface area (Å²) in [4.78, 5) is 26.1. The molecule has 0 spiro atoms.